The van der Waals surface area contributed by atoms with Crippen LogP contribution in [0.5, 0.6) is 0 Å². The molecule has 100 valence electrons. The summed E-state index contributed by atoms with van der Waals surface area (Å²) in [5.74, 6) is -0.102. The predicted molar refractivity (Wildman–Crippen MR) is 66.9 cm³/mol. The average Bonchev–Trinajstić information content (AvgIpc) is 2.81. The van der Waals surface area contributed by atoms with Gasteiger partial charge in [0.2, 0.25) is 0 Å². The molecule has 4 nitrogen and oxygen atoms in total. The summed E-state index contributed by atoms with van der Waals surface area (Å²) < 4.78 is 10.7. The minimum absolute atomic E-state index is 0.102. The van der Waals surface area contributed by atoms with E-state index in [1.165, 1.54) is 0 Å². The molecule has 0 aromatic rings. The third kappa shape index (κ3) is 4.28. The Morgan fingerprint density at radius 3 is 2.71 bits per heavy atom. The van der Waals surface area contributed by atoms with Crippen molar-refractivity contribution < 1.29 is 14.3 Å². The van der Waals surface area contributed by atoms with Crippen LogP contribution in [-0.2, 0) is 14.3 Å². The summed E-state index contributed by atoms with van der Waals surface area (Å²) in [6.45, 7) is 8.97. The van der Waals surface area contributed by atoms with Gasteiger partial charge in [0.05, 0.1) is 12.7 Å². The Hall–Kier alpha value is -0.610. The highest BCUT2D eigenvalue weighted by Gasteiger charge is 2.27. The van der Waals surface area contributed by atoms with Gasteiger partial charge >= 0.3 is 5.97 Å². The lowest BCUT2D eigenvalue weighted by Gasteiger charge is -2.30. The fourth-order valence-corrected chi connectivity index (χ4v) is 2.34. The first-order valence-corrected chi connectivity index (χ1v) is 6.75. The lowest BCUT2D eigenvalue weighted by molar-refractivity contribution is -0.150. The van der Waals surface area contributed by atoms with Gasteiger partial charge in [-0.15, -0.1) is 0 Å². The zero-order valence-corrected chi connectivity index (χ0v) is 11.3. The van der Waals surface area contributed by atoms with Gasteiger partial charge in [-0.3, -0.25) is 9.69 Å². The number of esters is 1. The summed E-state index contributed by atoms with van der Waals surface area (Å²) in [5.41, 5.74) is 0. The van der Waals surface area contributed by atoms with Crippen LogP contribution in [-0.4, -0.2) is 49.3 Å². The summed E-state index contributed by atoms with van der Waals surface area (Å²) in [5, 5.41) is 0. The molecule has 0 bridgehead atoms. The van der Waals surface area contributed by atoms with Crippen molar-refractivity contribution in [3.05, 3.63) is 0 Å². The van der Waals surface area contributed by atoms with Crippen molar-refractivity contribution in [3.63, 3.8) is 0 Å². The molecule has 1 saturated heterocycles. The molecule has 0 radical (unpaired) electrons. The second-order valence-electron chi connectivity index (χ2n) is 4.40. The zero-order valence-electron chi connectivity index (χ0n) is 11.3. The van der Waals surface area contributed by atoms with Crippen molar-refractivity contribution in [2.45, 2.75) is 52.2 Å². The van der Waals surface area contributed by atoms with E-state index >= 15 is 0 Å². The molecule has 0 aliphatic carbocycles. The standard InChI is InChI=1S/C13H25NO3/c1-4-12(13(15)16-6-3)14(5-2)10-11-8-7-9-17-11/h11-12H,4-10H2,1-3H3. The molecule has 1 rings (SSSR count). The van der Waals surface area contributed by atoms with Crippen LogP contribution in [0.1, 0.15) is 40.0 Å². The van der Waals surface area contributed by atoms with E-state index in [-0.39, 0.29) is 12.0 Å². The van der Waals surface area contributed by atoms with Crippen LogP contribution in [0.3, 0.4) is 0 Å². The number of rotatable bonds is 7. The maximum Gasteiger partial charge on any atom is 0.323 e. The summed E-state index contributed by atoms with van der Waals surface area (Å²) in [6, 6.07) is -0.121. The molecule has 1 aliphatic rings. The molecule has 1 heterocycles. The Kier molecular flexibility index (Phi) is 6.52. The van der Waals surface area contributed by atoms with Crippen molar-refractivity contribution in [2.24, 2.45) is 0 Å². The van der Waals surface area contributed by atoms with Gasteiger partial charge in [-0.05, 0) is 32.7 Å². The van der Waals surface area contributed by atoms with E-state index in [0.29, 0.717) is 12.7 Å². The molecule has 2 atom stereocenters. The largest absolute Gasteiger partial charge is 0.465 e. The zero-order chi connectivity index (χ0) is 12.7. The SMILES string of the molecule is CCOC(=O)C(CC)N(CC)CC1CCCO1. The van der Waals surface area contributed by atoms with Crippen molar-refractivity contribution in [1.29, 1.82) is 0 Å². The van der Waals surface area contributed by atoms with Gasteiger partial charge in [0.1, 0.15) is 6.04 Å². The fourth-order valence-electron chi connectivity index (χ4n) is 2.34. The van der Waals surface area contributed by atoms with Gasteiger partial charge in [0.25, 0.3) is 0 Å². The van der Waals surface area contributed by atoms with Gasteiger partial charge in [0.15, 0.2) is 0 Å². The van der Waals surface area contributed by atoms with Gasteiger partial charge in [-0.1, -0.05) is 13.8 Å². The molecule has 0 aromatic carbocycles. The minimum atomic E-state index is -0.121. The van der Waals surface area contributed by atoms with Crippen LogP contribution in [0.25, 0.3) is 0 Å². The van der Waals surface area contributed by atoms with Gasteiger partial charge < -0.3 is 9.47 Å². The lowest BCUT2D eigenvalue weighted by atomic mass is 10.1. The molecular weight excluding hydrogens is 218 g/mol. The molecule has 0 amide bonds. The first-order chi connectivity index (χ1) is 8.22. The minimum Gasteiger partial charge on any atom is -0.465 e. The third-order valence-corrected chi connectivity index (χ3v) is 3.25. The van der Waals surface area contributed by atoms with Crippen LogP contribution in [0.15, 0.2) is 0 Å². The van der Waals surface area contributed by atoms with E-state index < -0.39 is 0 Å². The summed E-state index contributed by atoms with van der Waals surface area (Å²) in [4.78, 5) is 14.0. The molecule has 1 aliphatic heterocycles. The van der Waals surface area contributed by atoms with Crippen LogP contribution < -0.4 is 0 Å². The molecule has 1 fully saturated rings. The van der Waals surface area contributed by atoms with E-state index in [1.807, 2.05) is 13.8 Å². The first-order valence-electron chi connectivity index (χ1n) is 6.75. The van der Waals surface area contributed by atoms with E-state index in [4.69, 9.17) is 9.47 Å². The number of carbonyl (C=O) groups excluding carboxylic acids is 1. The van der Waals surface area contributed by atoms with Gasteiger partial charge in [0, 0.05) is 13.2 Å². The number of ether oxygens (including phenoxy) is 2. The second-order valence-corrected chi connectivity index (χ2v) is 4.40. The third-order valence-electron chi connectivity index (χ3n) is 3.25. The molecule has 0 N–H and O–H groups in total. The van der Waals surface area contributed by atoms with Crippen LogP contribution in [0.4, 0.5) is 0 Å². The van der Waals surface area contributed by atoms with Crippen LogP contribution >= 0.6 is 0 Å². The van der Waals surface area contributed by atoms with E-state index in [2.05, 4.69) is 11.8 Å². The molecule has 0 spiro atoms. The molecule has 4 heteroatoms. The average molecular weight is 243 g/mol. The smallest absolute Gasteiger partial charge is 0.323 e. The van der Waals surface area contributed by atoms with E-state index in [9.17, 15) is 4.79 Å². The topological polar surface area (TPSA) is 38.8 Å². The van der Waals surface area contributed by atoms with Gasteiger partial charge in [-0.25, -0.2) is 0 Å². The summed E-state index contributed by atoms with van der Waals surface area (Å²) in [6.07, 6.45) is 3.33. The first kappa shape index (κ1) is 14.5. The highest BCUT2D eigenvalue weighted by Crippen LogP contribution is 2.16. The number of carbonyl (C=O) groups is 1. The van der Waals surface area contributed by atoms with Crippen molar-refractivity contribution >= 4 is 5.97 Å². The molecular formula is C13H25NO3. The van der Waals surface area contributed by atoms with Crippen molar-refractivity contribution in [3.8, 4) is 0 Å². The second kappa shape index (κ2) is 7.67. The van der Waals surface area contributed by atoms with E-state index in [0.717, 1.165) is 39.0 Å². The fraction of sp³-hybridized carbons (Fsp3) is 0.923. The maximum absolute atomic E-state index is 11.8. The Morgan fingerprint density at radius 2 is 2.24 bits per heavy atom. The van der Waals surface area contributed by atoms with Crippen LogP contribution in [0.2, 0.25) is 0 Å². The van der Waals surface area contributed by atoms with Crippen molar-refractivity contribution in [1.82, 2.24) is 4.90 Å². The summed E-state index contributed by atoms with van der Waals surface area (Å²) in [7, 11) is 0. The van der Waals surface area contributed by atoms with E-state index in [1.54, 1.807) is 0 Å². The Balaban J connectivity index is 2.52. The Bertz CT molecular complexity index is 227. The highest BCUT2D eigenvalue weighted by molar-refractivity contribution is 5.75. The number of hydrogen-bond donors (Lipinski definition) is 0. The quantitative estimate of drug-likeness (QED) is 0.639. The highest BCUT2D eigenvalue weighted by atomic mass is 16.5. The Morgan fingerprint density at radius 1 is 1.47 bits per heavy atom. The molecule has 0 aromatic heterocycles. The van der Waals surface area contributed by atoms with Gasteiger partial charge in [-0.2, -0.15) is 0 Å². The molecule has 2 unspecified atom stereocenters. The van der Waals surface area contributed by atoms with Crippen molar-refractivity contribution in [2.75, 3.05) is 26.3 Å². The summed E-state index contributed by atoms with van der Waals surface area (Å²) >= 11 is 0. The number of nitrogens with zero attached hydrogens (tertiary/aromatic N) is 1. The monoisotopic (exact) mass is 243 g/mol. The molecule has 17 heavy (non-hydrogen) atoms. The number of likely N-dealkylation sites (N-methyl/N-ethyl adjacent to an activating group) is 1. The normalized spacial score (nSPS) is 21.8. The lowest BCUT2D eigenvalue weighted by Crippen LogP contribution is -2.45. The maximum atomic E-state index is 11.8. The predicted octanol–water partition coefficient (Wildman–Crippen LogP) is 1.83. The number of hydrogen-bond acceptors (Lipinski definition) is 4. The van der Waals surface area contributed by atoms with Crippen LogP contribution in [0, 0.1) is 0 Å². The molecule has 0 saturated carbocycles. The Labute approximate surface area is 104 Å².